The summed E-state index contributed by atoms with van der Waals surface area (Å²) in [4.78, 5) is 23.4. The fourth-order valence-corrected chi connectivity index (χ4v) is 3.42. The lowest BCUT2D eigenvalue weighted by Gasteiger charge is -2.15. The topological polar surface area (TPSA) is 95.1 Å². The molecular formula is C25H50N2O6. The molecule has 0 bridgehead atoms. The van der Waals surface area contributed by atoms with Crippen LogP contribution in [0.2, 0.25) is 0 Å². The van der Waals surface area contributed by atoms with E-state index in [1.807, 2.05) is 0 Å². The molecule has 0 unspecified atom stereocenters. The highest BCUT2D eigenvalue weighted by molar-refractivity contribution is 5.78. The fraction of sp³-hybridized carbons (Fsp3) is 0.920. The Hall–Kier alpha value is -1.22. The number of rotatable bonds is 25. The molecule has 0 radical (unpaired) electrons. The smallest absolute Gasteiger partial charge is 0.245 e. The molecule has 0 rings (SSSR count). The molecule has 0 aliphatic carbocycles. The first-order valence-corrected chi connectivity index (χ1v) is 12.9. The third-order valence-electron chi connectivity index (χ3n) is 5.22. The molecule has 0 aromatic heterocycles. The molecule has 8 heteroatoms. The van der Waals surface area contributed by atoms with Crippen molar-refractivity contribution in [2.24, 2.45) is 5.92 Å². The van der Waals surface area contributed by atoms with Crippen LogP contribution in [0.25, 0.3) is 0 Å². The summed E-state index contributed by atoms with van der Waals surface area (Å²) in [5.74, 6) is 0.332. The van der Waals surface area contributed by atoms with Gasteiger partial charge in [0.1, 0.15) is 6.61 Å². The van der Waals surface area contributed by atoms with E-state index >= 15 is 0 Å². The number of amides is 2. The third kappa shape index (κ3) is 22.3. The summed E-state index contributed by atoms with van der Waals surface area (Å²) >= 11 is 0. The zero-order chi connectivity index (χ0) is 24.4. The third-order valence-corrected chi connectivity index (χ3v) is 5.22. The first kappa shape index (κ1) is 31.8. The number of hydrogen-bond donors (Lipinski definition) is 2. The molecule has 2 amide bonds. The number of unbranched alkanes of at least 4 members (excludes halogenated alkanes) is 4. The van der Waals surface area contributed by atoms with Crippen molar-refractivity contribution < 1.29 is 28.5 Å². The largest absolute Gasteiger partial charge is 0.379 e. The second-order valence-electron chi connectivity index (χ2n) is 8.31. The lowest BCUT2D eigenvalue weighted by atomic mass is 9.97. The minimum atomic E-state index is -0.0708. The van der Waals surface area contributed by atoms with Gasteiger partial charge in [0, 0.05) is 39.3 Å². The Morgan fingerprint density at radius 3 is 1.64 bits per heavy atom. The lowest BCUT2D eigenvalue weighted by Crippen LogP contribution is -2.31. The maximum absolute atomic E-state index is 12.2. The Labute approximate surface area is 201 Å². The number of ether oxygens (including phenoxy) is 4. The van der Waals surface area contributed by atoms with Crippen molar-refractivity contribution in [2.45, 2.75) is 78.1 Å². The van der Waals surface area contributed by atoms with Crippen molar-refractivity contribution in [3.05, 3.63) is 0 Å². The minimum Gasteiger partial charge on any atom is -0.379 e. The molecule has 33 heavy (non-hydrogen) atoms. The van der Waals surface area contributed by atoms with Crippen molar-refractivity contribution in [3.63, 3.8) is 0 Å². The number of nitrogens with one attached hydrogen (secondary N) is 2. The van der Waals surface area contributed by atoms with Gasteiger partial charge in [0.15, 0.2) is 0 Å². The van der Waals surface area contributed by atoms with Crippen LogP contribution in [0.4, 0.5) is 0 Å². The van der Waals surface area contributed by atoms with Crippen molar-refractivity contribution in [3.8, 4) is 0 Å². The average molecular weight is 475 g/mol. The summed E-state index contributed by atoms with van der Waals surface area (Å²) in [5.41, 5.74) is 0. The van der Waals surface area contributed by atoms with E-state index in [4.69, 9.17) is 18.9 Å². The lowest BCUT2D eigenvalue weighted by molar-refractivity contribution is -0.125. The van der Waals surface area contributed by atoms with Crippen LogP contribution in [-0.4, -0.2) is 78.3 Å². The maximum atomic E-state index is 12.2. The summed E-state index contributed by atoms with van der Waals surface area (Å²) in [6, 6.07) is 0. The molecule has 8 nitrogen and oxygen atoms in total. The number of methoxy groups -OCH3 is 1. The van der Waals surface area contributed by atoms with E-state index in [-0.39, 0.29) is 24.3 Å². The summed E-state index contributed by atoms with van der Waals surface area (Å²) in [6.45, 7) is 9.62. The van der Waals surface area contributed by atoms with Gasteiger partial charge in [-0.25, -0.2) is 0 Å². The summed E-state index contributed by atoms with van der Waals surface area (Å²) < 4.78 is 21.4. The Kier molecular flexibility index (Phi) is 24.5. The molecule has 0 fully saturated rings. The zero-order valence-electron chi connectivity index (χ0n) is 21.5. The van der Waals surface area contributed by atoms with Crippen LogP contribution >= 0.6 is 0 Å². The van der Waals surface area contributed by atoms with Gasteiger partial charge in [-0.05, 0) is 51.4 Å². The molecule has 2 N–H and O–H groups in total. The minimum absolute atomic E-state index is 0.0708. The van der Waals surface area contributed by atoms with Gasteiger partial charge in [-0.2, -0.15) is 0 Å². The van der Waals surface area contributed by atoms with Crippen LogP contribution in [-0.2, 0) is 28.5 Å². The Morgan fingerprint density at radius 2 is 1.15 bits per heavy atom. The van der Waals surface area contributed by atoms with Crippen molar-refractivity contribution in [2.75, 3.05) is 66.4 Å². The second kappa shape index (κ2) is 25.4. The highest BCUT2D eigenvalue weighted by Gasteiger charge is 2.15. The van der Waals surface area contributed by atoms with Crippen LogP contribution in [0.15, 0.2) is 0 Å². The molecule has 0 aliphatic rings. The number of carbonyl (C=O) groups excluding carboxylic acids is 2. The van der Waals surface area contributed by atoms with E-state index in [1.54, 1.807) is 0 Å². The fourth-order valence-electron chi connectivity index (χ4n) is 3.42. The maximum Gasteiger partial charge on any atom is 0.245 e. The summed E-state index contributed by atoms with van der Waals surface area (Å²) in [6.07, 6.45) is 10.1. The summed E-state index contributed by atoms with van der Waals surface area (Å²) in [7, 11) is 1.51. The SMILES string of the molecule is CCCC(CCC)C(=O)NCCCCCOCCOCCOCCCCCNC(=O)COC. The molecule has 0 saturated heterocycles. The Bertz CT molecular complexity index is 445. The van der Waals surface area contributed by atoms with E-state index < -0.39 is 0 Å². The molecular weight excluding hydrogens is 424 g/mol. The highest BCUT2D eigenvalue weighted by Crippen LogP contribution is 2.13. The van der Waals surface area contributed by atoms with Gasteiger partial charge in [-0.15, -0.1) is 0 Å². The van der Waals surface area contributed by atoms with Crippen LogP contribution in [0.3, 0.4) is 0 Å². The van der Waals surface area contributed by atoms with Gasteiger partial charge in [-0.3, -0.25) is 9.59 Å². The van der Waals surface area contributed by atoms with Crippen molar-refractivity contribution >= 4 is 11.8 Å². The zero-order valence-corrected chi connectivity index (χ0v) is 21.5. The predicted octanol–water partition coefficient (Wildman–Crippen LogP) is 3.47. The predicted molar refractivity (Wildman–Crippen MR) is 131 cm³/mol. The van der Waals surface area contributed by atoms with E-state index in [9.17, 15) is 9.59 Å². The van der Waals surface area contributed by atoms with Gasteiger partial charge in [0.05, 0.1) is 26.4 Å². The Morgan fingerprint density at radius 1 is 0.667 bits per heavy atom. The number of hydrogen-bond acceptors (Lipinski definition) is 6. The van der Waals surface area contributed by atoms with Gasteiger partial charge in [0.2, 0.25) is 11.8 Å². The molecule has 0 saturated carbocycles. The second-order valence-corrected chi connectivity index (χ2v) is 8.31. The molecule has 0 aromatic carbocycles. The van der Waals surface area contributed by atoms with Gasteiger partial charge >= 0.3 is 0 Å². The van der Waals surface area contributed by atoms with E-state index in [2.05, 4.69) is 24.5 Å². The first-order chi connectivity index (χ1) is 16.2. The van der Waals surface area contributed by atoms with Crippen molar-refractivity contribution in [1.82, 2.24) is 10.6 Å². The van der Waals surface area contributed by atoms with Gasteiger partial charge in [-0.1, -0.05) is 26.7 Å². The first-order valence-electron chi connectivity index (χ1n) is 12.9. The molecule has 0 spiro atoms. The average Bonchev–Trinajstić information content (AvgIpc) is 2.80. The number of carbonyl (C=O) groups is 2. The van der Waals surface area contributed by atoms with Crippen LogP contribution in [0, 0.1) is 5.92 Å². The van der Waals surface area contributed by atoms with Gasteiger partial charge in [0.25, 0.3) is 0 Å². The highest BCUT2D eigenvalue weighted by atomic mass is 16.5. The Balaban J connectivity index is 3.25. The monoisotopic (exact) mass is 474 g/mol. The molecule has 0 aromatic rings. The van der Waals surface area contributed by atoms with E-state index in [0.717, 1.165) is 77.4 Å². The quantitative estimate of drug-likeness (QED) is 0.197. The summed E-state index contributed by atoms with van der Waals surface area (Å²) in [5, 5.41) is 5.88. The molecule has 0 aliphatic heterocycles. The normalized spacial score (nSPS) is 11.2. The van der Waals surface area contributed by atoms with Crippen LogP contribution in [0.5, 0.6) is 0 Å². The van der Waals surface area contributed by atoms with Crippen molar-refractivity contribution in [1.29, 1.82) is 0 Å². The van der Waals surface area contributed by atoms with E-state index in [0.29, 0.717) is 39.6 Å². The molecule has 0 atom stereocenters. The van der Waals surface area contributed by atoms with Crippen LogP contribution < -0.4 is 10.6 Å². The van der Waals surface area contributed by atoms with Crippen LogP contribution in [0.1, 0.15) is 78.1 Å². The van der Waals surface area contributed by atoms with Gasteiger partial charge < -0.3 is 29.6 Å². The van der Waals surface area contributed by atoms with E-state index in [1.165, 1.54) is 7.11 Å². The molecule has 196 valence electrons. The standard InChI is InChI=1S/C25H50N2O6/c1-4-12-23(13-5-2)25(29)27-15-9-7-11-17-32-19-21-33-20-18-31-16-10-6-8-14-26-24(28)22-30-3/h23H,4-22H2,1-3H3,(H,26,28)(H,27,29). The molecule has 0 heterocycles.